The van der Waals surface area contributed by atoms with Crippen molar-refractivity contribution in [1.82, 2.24) is 9.80 Å². The third-order valence-corrected chi connectivity index (χ3v) is 5.31. The van der Waals surface area contributed by atoms with E-state index in [0.717, 1.165) is 38.6 Å². The van der Waals surface area contributed by atoms with Crippen molar-refractivity contribution < 1.29 is 4.79 Å². The molecule has 17 heavy (non-hydrogen) atoms. The van der Waals surface area contributed by atoms with Crippen molar-refractivity contribution in [3.8, 4) is 0 Å². The minimum absolute atomic E-state index is 0.120. The van der Waals surface area contributed by atoms with Crippen LogP contribution in [0.2, 0.25) is 0 Å². The highest BCUT2D eigenvalue weighted by Crippen LogP contribution is 2.23. The quantitative estimate of drug-likeness (QED) is 0.733. The smallest absolute Gasteiger partial charge is 0.240 e. The van der Waals surface area contributed by atoms with Crippen LogP contribution >= 0.6 is 23.4 Å². The van der Waals surface area contributed by atoms with Crippen molar-refractivity contribution in [1.29, 1.82) is 0 Å². The van der Waals surface area contributed by atoms with Gasteiger partial charge >= 0.3 is 0 Å². The molecule has 2 aliphatic rings. The maximum Gasteiger partial charge on any atom is 0.240 e. The van der Waals surface area contributed by atoms with Gasteiger partial charge in [-0.1, -0.05) is 6.92 Å². The van der Waals surface area contributed by atoms with Gasteiger partial charge in [0.15, 0.2) is 0 Å². The van der Waals surface area contributed by atoms with Crippen LogP contribution in [0.3, 0.4) is 0 Å². The number of rotatable bonds is 3. The van der Waals surface area contributed by atoms with E-state index < -0.39 is 0 Å². The number of nitrogens with zero attached hydrogens (tertiary/aromatic N) is 2. The van der Waals surface area contributed by atoms with E-state index in [0.29, 0.717) is 0 Å². The molecule has 0 N–H and O–H groups in total. The molecule has 0 bridgehead atoms. The lowest BCUT2D eigenvalue weighted by atomic mass is 10.2. The third-order valence-electron chi connectivity index (χ3n) is 3.67. The molecule has 2 heterocycles. The van der Waals surface area contributed by atoms with Gasteiger partial charge in [0.05, 0.1) is 0 Å². The van der Waals surface area contributed by atoms with Crippen LogP contribution in [0.5, 0.6) is 0 Å². The maximum atomic E-state index is 11.9. The van der Waals surface area contributed by atoms with Gasteiger partial charge in [0.1, 0.15) is 5.38 Å². The first-order chi connectivity index (χ1) is 8.22. The third kappa shape index (κ3) is 3.30. The Morgan fingerprint density at radius 3 is 2.65 bits per heavy atom. The molecule has 0 aromatic rings. The Morgan fingerprint density at radius 2 is 2.12 bits per heavy atom. The second-order valence-corrected chi connectivity index (χ2v) is 6.43. The average Bonchev–Trinajstić information content (AvgIpc) is 2.91. The molecule has 3 nitrogen and oxygen atoms in total. The topological polar surface area (TPSA) is 23.6 Å². The molecule has 2 unspecified atom stereocenters. The van der Waals surface area contributed by atoms with Crippen LogP contribution < -0.4 is 0 Å². The van der Waals surface area contributed by atoms with E-state index in [4.69, 9.17) is 11.6 Å². The fourth-order valence-corrected chi connectivity index (χ4v) is 3.88. The van der Waals surface area contributed by atoms with Crippen LogP contribution in [-0.4, -0.2) is 64.8 Å². The molecule has 0 aromatic carbocycles. The van der Waals surface area contributed by atoms with Gasteiger partial charge in [-0.2, -0.15) is 11.8 Å². The normalized spacial score (nSPS) is 28.4. The van der Waals surface area contributed by atoms with Crippen LogP contribution in [0, 0.1) is 0 Å². The predicted octanol–water partition coefficient (Wildman–Crippen LogP) is 1.65. The first kappa shape index (κ1) is 13.5. The standard InChI is InChI=1S/C12H21ClN2OS/c1-2-11(13)12(16)15-6-4-14(5-7-15)10-3-8-17-9-10/h10-11H,2-9H2,1H3. The van der Waals surface area contributed by atoms with E-state index in [2.05, 4.69) is 4.90 Å². The van der Waals surface area contributed by atoms with Crippen molar-refractivity contribution in [2.45, 2.75) is 31.2 Å². The Bertz CT molecular complexity index is 263. The molecule has 2 atom stereocenters. The van der Waals surface area contributed by atoms with E-state index in [1.54, 1.807) is 0 Å². The van der Waals surface area contributed by atoms with Crippen molar-refractivity contribution in [2.75, 3.05) is 37.7 Å². The van der Waals surface area contributed by atoms with Crippen LogP contribution in [-0.2, 0) is 4.79 Å². The molecule has 0 saturated carbocycles. The van der Waals surface area contributed by atoms with E-state index >= 15 is 0 Å². The van der Waals surface area contributed by atoms with Gasteiger partial charge in [0, 0.05) is 38.0 Å². The lowest BCUT2D eigenvalue weighted by Crippen LogP contribution is -2.53. The second kappa shape index (κ2) is 6.30. The molecule has 0 aromatic heterocycles. The molecule has 2 aliphatic heterocycles. The Kier molecular flexibility index (Phi) is 5.00. The summed E-state index contributed by atoms with van der Waals surface area (Å²) >= 11 is 8.05. The maximum absolute atomic E-state index is 11.9. The number of piperazine rings is 1. The largest absolute Gasteiger partial charge is 0.339 e. The lowest BCUT2D eigenvalue weighted by molar-refractivity contribution is -0.132. The summed E-state index contributed by atoms with van der Waals surface area (Å²) in [5, 5.41) is -0.330. The van der Waals surface area contributed by atoms with Crippen molar-refractivity contribution in [3.05, 3.63) is 0 Å². The van der Waals surface area contributed by atoms with Gasteiger partial charge in [-0.25, -0.2) is 0 Å². The molecule has 0 spiro atoms. The Labute approximate surface area is 113 Å². The summed E-state index contributed by atoms with van der Waals surface area (Å²) in [4.78, 5) is 16.4. The number of halogens is 1. The average molecular weight is 277 g/mol. The molecular formula is C12H21ClN2OS. The molecule has 5 heteroatoms. The monoisotopic (exact) mass is 276 g/mol. The molecule has 2 rings (SSSR count). The Hall–Kier alpha value is 0.0700. The predicted molar refractivity (Wildman–Crippen MR) is 73.8 cm³/mol. The zero-order valence-corrected chi connectivity index (χ0v) is 12.0. The van der Waals surface area contributed by atoms with Gasteiger partial charge in [0.25, 0.3) is 0 Å². The van der Waals surface area contributed by atoms with Crippen molar-refractivity contribution >= 4 is 29.3 Å². The number of carbonyl (C=O) groups excluding carboxylic acids is 1. The van der Waals surface area contributed by atoms with Gasteiger partial charge < -0.3 is 4.90 Å². The zero-order valence-electron chi connectivity index (χ0n) is 10.4. The van der Waals surface area contributed by atoms with Gasteiger partial charge in [-0.3, -0.25) is 9.69 Å². The summed E-state index contributed by atoms with van der Waals surface area (Å²) in [6.07, 6.45) is 2.03. The fourth-order valence-electron chi connectivity index (χ4n) is 2.49. The van der Waals surface area contributed by atoms with Crippen LogP contribution in [0.15, 0.2) is 0 Å². The molecule has 2 fully saturated rings. The van der Waals surface area contributed by atoms with E-state index in [1.807, 2.05) is 23.6 Å². The number of carbonyl (C=O) groups is 1. The fraction of sp³-hybridized carbons (Fsp3) is 0.917. The minimum Gasteiger partial charge on any atom is -0.339 e. The van der Waals surface area contributed by atoms with E-state index in [9.17, 15) is 4.79 Å². The molecule has 2 saturated heterocycles. The molecule has 98 valence electrons. The SMILES string of the molecule is CCC(Cl)C(=O)N1CCN(C2CCSC2)CC1. The summed E-state index contributed by atoms with van der Waals surface area (Å²) in [5.74, 6) is 2.68. The Morgan fingerprint density at radius 1 is 1.41 bits per heavy atom. The number of amides is 1. The van der Waals surface area contributed by atoms with E-state index in [1.165, 1.54) is 17.9 Å². The van der Waals surface area contributed by atoms with Gasteiger partial charge in [0.2, 0.25) is 5.91 Å². The summed E-state index contributed by atoms with van der Waals surface area (Å²) in [6.45, 7) is 5.70. The molecule has 1 amide bonds. The highest BCUT2D eigenvalue weighted by molar-refractivity contribution is 7.99. The zero-order chi connectivity index (χ0) is 12.3. The molecular weight excluding hydrogens is 256 g/mol. The van der Waals surface area contributed by atoms with Crippen molar-refractivity contribution in [2.24, 2.45) is 0 Å². The van der Waals surface area contributed by atoms with Crippen LogP contribution in [0.1, 0.15) is 19.8 Å². The summed E-state index contributed by atoms with van der Waals surface area (Å²) in [7, 11) is 0. The van der Waals surface area contributed by atoms with Crippen LogP contribution in [0.4, 0.5) is 0 Å². The highest BCUT2D eigenvalue weighted by Gasteiger charge is 2.29. The number of hydrogen-bond acceptors (Lipinski definition) is 3. The Balaban J connectivity index is 1.79. The highest BCUT2D eigenvalue weighted by atomic mass is 35.5. The molecule has 0 radical (unpaired) electrons. The van der Waals surface area contributed by atoms with E-state index in [-0.39, 0.29) is 11.3 Å². The minimum atomic E-state index is -0.330. The first-order valence-corrected chi connectivity index (χ1v) is 8.06. The van der Waals surface area contributed by atoms with Crippen molar-refractivity contribution in [3.63, 3.8) is 0 Å². The summed E-state index contributed by atoms with van der Waals surface area (Å²) in [6, 6.07) is 0.746. The van der Waals surface area contributed by atoms with Gasteiger partial charge in [-0.15, -0.1) is 11.6 Å². The number of alkyl halides is 1. The lowest BCUT2D eigenvalue weighted by Gasteiger charge is -2.38. The number of thioether (sulfide) groups is 1. The second-order valence-electron chi connectivity index (χ2n) is 4.75. The first-order valence-electron chi connectivity index (χ1n) is 6.47. The van der Waals surface area contributed by atoms with Gasteiger partial charge in [-0.05, 0) is 18.6 Å². The summed E-state index contributed by atoms with van der Waals surface area (Å²) < 4.78 is 0. The molecule has 0 aliphatic carbocycles. The number of hydrogen-bond donors (Lipinski definition) is 0. The van der Waals surface area contributed by atoms with Crippen LogP contribution in [0.25, 0.3) is 0 Å². The summed E-state index contributed by atoms with van der Waals surface area (Å²) in [5.41, 5.74) is 0.